The van der Waals surface area contributed by atoms with Crippen molar-refractivity contribution in [1.29, 1.82) is 0 Å². The van der Waals surface area contributed by atoms with Gasteiger partial charge in [-0.25, -0.2) is 0 Å². The lowest BCUT2D eigenvalue weighted by molar-refractivity contribution is 0.00197. The maximum atomic E-state index is 9.53. The summed E-state index contributed by atoms with van der Waals surface area (Å²) in [5, 5.41) is 18.4. The van der Waals surface area contributed by atoms with Crippen molar-refractivity contribution in [2.24, 2.45) is 5.92 Å². The topological polar surface area (TPSA) is 43.7 Å². The van der Waals surface area contributed by atoms with Crippen molar-refractivity contribution in [1.82, 2.24) is 4.90 Å². The van der Waals surface area contributed by atoms with Gasteiger partial charge in [0.15, 0.2) is 0 Å². The number of aliphatic hydroxyl groups excluding tert-OH is 2. The summed E-state index contributed by atoms with van der Waals surface area (Å²) in [6.07, 6.45) is 2.35. The minimum atomic E-state index is -0.372. The average molecular weight is 171 g/mol. The quantitative estimate of drug-likeness (QED) is 0.580. The third-order valence-electron chi connectivity index (χ3n) is 2.43. The second kappa shape index (κ2) is 4.60. The molecule has 2 N–H and O–H groups in total. The Morgan fingerprint density at radius 1 is 1.58 bits per heavy atom. The van der Waals surface area contributed by atoms with Gasteiger partial charge in [-0.1, -0.05) is 6.08 Å². The minimum absolute atomic E-state index is 0.0751. The van der Waals surface area contributed by atoms with E-state index >= 15 is 0 Å². The van der Waals surface area contributed by atoms with Gasteiger partial charge in [-0.2, -0.15) is 0 Å². The minimum Gasteiger partial charge on any atom is -0.396 e. The number of β-amino-alcohol motifs (C(OH)–C–C–N with tert-alkyl or cyclic N) is 1. The number of likely N-dealkylation sites (tertiary alicyclic amines) is 1. The van der Waals surface area contributed by atoms with Gasteiger partial charge >= 0.3 is 0 Å². The van der Waals surface area contributed by atoms with Crippen LogP contribution in [0.15, 0.2) is 12.7 Å². The molecule has 3 nitrogen and oxygen atoms in total. The van der Waals surface area contributed by atoms with Crippen molar-refractivity contribution < 1.29 is 10.2 Å². The molecule has 1 saturated heterocycles. The molecule has 0 spiro atoms. The van der Waals surface area contributed by atoms with Gasteiger partial charge in [0, 0.05) is 25.6 Å². The number of hydrogen-bond donors (Lipinski definition) is 2. The average Bonchev–Trinajstić information content (AvgIpc) is 2.05. The first kappa shape index (κ1) is 9.71. The fourth-order valence-corrected chi connectivity index (χ4v) is 1.61. The van der Waals surface area contributed by atoms with Crippen molar-refractivity contribution in [3.05, 3.63) is 12.7 Å². The molecule has 2 atom stereocenters. The summed E-state index contributed by atoms with van der Waals surface area (Å²) in [5.74, 6) is 0.0751. The van der Waals surface area contributed by atoms with E-state index in [1.807, 2.05) is 6.08 Å². The molecule has 0 saturated carbocycles. The lowest BCUT2D eigenvalue weighted by atomic mass is 9.95. The Bertz CT molecular complexity index is 149. The molecule has 0 aromatic carbocycles. The van der Waals surface area contributed by atoms with Crippen LogP contribution in [0.2, 0.25) is 0 Å². The lowest BCUT2D eigenvalue weighted by Crippen LogP contribution is -2.44. The number of aliphatic hydroxyl groups is 2. The summed E-state index contributed by atoms with van der Waals surface area (Å²) >= 11 is 0. The summed E-state index contributed by atoms with van der Waals surface area (Å²) in [6.45, 7) is 6.19. The third kappa shape index (κ3) is 2.30. The molecule has 0 aliphatic carbocycles. The van der Waals surface area contributed by atoms with Crippen LogP contribution >= 0.6 is 0 Å². The van der Waals surface area contributed by atoms with E-state index in [0.717, 1.165) is 19.5 Å². The SMILES string of the molecule is C=CCN1CCC(CO)C(O)C1. The second-order valence-electron chi connectivity index (χ2n) is 3.35. The van der Waals surface area contributed by atoms with Crippen LogP contribution in [0.1, 0.15) is 6.42 Å². The largest absolute Gasteiger partial charge is 0.396 e. The van der Waals surface area contributed by atoms with Crippen LogP contribution in [0.25, 0.3) is 0 Å². The van der Waals surface area contributed by atoms with Crippen LogP contribution in [0, 0.1) is 5.92 Å². The molecule has 0 aromatic heterocycles. The highest BCUT2D eigenvalue weighted by Crippen LogP contribution is 2.16. The highest BCUT2D eigenvalue weighted by Gasteiger charge is 2.25. The molecule has 12 heavy (non-hydrogen) atoms. The number of nitrogens with zero attached hydrogens (tertiary/aromatic N) is 1. The van der Waals surface area contributed by atoms with Crippen LogP contribution in [-0.4, -0.2) is 47.5 Å². The molecule has 70 valence electrons. The van der Waals surface area contributed by atoms with Gasteiger partial charge in [-0.15, -0.1) is 6.58 Å². The molecule has 1 aliphatic heterocycles. The van der Waals surface area contributed by atoms with Gasteiger partial charge < -0.3 is 10.2 Å². The standard InChI is InChI=1S/C9H17NO2/c1-2-4-10-5-3-8(7-11)9(12)6-10/h2,8-9,11-12H,1,3-7H2. The van der Waals surface area contributed by atoms with E-state index in [1.54, 1.807) is 0 Å². The van der Waals surface area contributed by atoms with Crippen LogP contribution < -0.4 is 0 Å². The molecule has 0 amide bonds. The predicted octanol–water partition coefficient (Wildman–Crippen LogP) is -0.152. The maximum Gasteiger partial charge on any atom is 0.0717 e. The first-order valence-corrected chi connectivity index (χ1v) is 4.40. The fourth-order valence-electron chi connectivity index (χ4n) is 1.61. The molecule has 0 bridgehead atoms. The predicted molar refractivity (Wildman–Crippen MR) is 47.8 cm³/mol. The molecular weight excluding hydrogens is 154 g/mol. The van der Waals surface area contributed by atoms with E-state index in [0.29, 0.717) is 6.54 Å². The van der Waals surface area contributed by atoms with Gasteiger partial charge in [0.05, 0.1) is 6.10 Å². The zero-order valence-corrected chi connectivity index (χ0v) is 7.32. The molecule has 0 radical (unpaired) electrons. The van der Waals surface area contributed by atoms with E-state index < -0.39 is 0 Å². The zero-order valence-electron chi connectivity index (χ0n) is 7.32. The van der Waals surface area contributed by atoms with E-state index in [9.17, 15) is 5.11 Å². The second-order valence-corrected chi connectivity index (χ2v) is 3.35. The molecular formula is C9H17NO2. The van der Waals surface area contributed by atoms with Crippen molar-refractivity contribution in [3.63, 3.8) is 0 Å². The van der Waals surface area contributed by atoms with Gasteiger partial charge in [0.25, 0.3) is 0 Å². The number of rotatable bonds is 3. The molecule has 3 heteroatoms. The maximum absolute atomic E-state index is 9.53. The van der Waals surface area contributed by atoms with Gasteiger partial charge in [-0.3, -0.25) is 4.90 Å². The molecule has 1 aliphatic rings. The van der Waals surface area contributed by atoms with Crippen LogP contribution in [0.4, 0.5) is 0 Å². The first-order chi connectivity index (χ1) is 5.77. The molecule has 0 aromatic rings. The van der Waals surface area contributed by atoms with E-state index in [2.05, 4.69) is 11.5 Å². The van der Waals surface area contributed by atoms with E-state index in [-0.39, 0.29) is 18.6 Å². The summed E-state index contributed by atoms with van der Waals surface area (Å²) in [7, 11) is 0. The lowest BCUT2D eigenvalue weighted by Gasteiger charge is -2.34. The van der Waals surface area contributed by atoms with Crippen LogP contribution in [0.5, 0.6) is 0 Å². The Morgan fingerprint density at radius 3 is 2.83 bits per heavy atom. The Hall–Kier alpha value is -0.380. The van der Waals surface area contributed by atoms with E-state index in [4.69, 9.17) is 5.11 Å². The van der Waals surface area contributed by atoms with Gasteiger partial charge in [0.1, 0.15) is 0 Å². The normalized spacial score (nSPS) is 31.8. The van der Waals surface area contributed by atoms with Gasteiger partial charge in [-0.05, 0) is 13.0 Å². The summed E-state index contributed by atoms with van der Waals surface area (Å²) in [4.78, 5) is 2.14. The first-order valence-electron chi connectivity index (χ1n) is 4.40. The van der Waals surface area contributed by atoms with E-state index in [1.165, 1.54) is 0 Å². The molecule has 1 fully saturated rings. The monoisotopic (exact) mass is 171 g/mol. The molecule has 1 heterocycles. The number of piperidine rings is 1. The summed E-state index contributed by atoms with van der Waals surface area (Å²) in [5.41, 5.74) is 0. The van der Waals surface area contributed by atoms with Gasteiger partial charge in [0.2, 0.25) is 0 Å². The zero-order chi connectivity index (χ0) is 8.97. The third-order valence-corrected chi connectivity index (χ3v) is 2.43. The highest BCUT2D eigenvalue weighted by atomic mass is 16.3. The van der Waals surface area contributed by atoms with Crippen LogP contribution in [0.3, 0.4) is 0 Å². The Balaban J connectivity index is 2.34. The Labute approximate surface area is 73.3 Å². The number of hydrogen-bond acceptors (Lipinski definition) is 3. The summed E-state index contributed by atoms with van der Waals surface area (Å²) in [6, 6.07) is 0. The highest BCUT2D eigenvalue weighted by molar-refractivity contribution is 4.83. The van der Waals surface area contributed by atoms with Crippen molar-refractivity contribution in [2.75, 3.05) is 26.2 Å². The Kier molecular flexibility index (Phi) is 3.72. The van der Waals surface area contributed by atoms with Crippen LogP contribution in [-0.2, 0) is 0 Å². The molecule has 1 rings (SSSR count). The van der Waals surface area contributed by atoms with Crippen molar-refractivity contribution in [3.8, 4) is 0 Å². The smallest absolute Gasteiger partial charge is 0.0717 e. The van der Waals surface area contributed by atoms with Crippen molar-refractivity contribution >= 4 is 0 Å². The Morgan fingerprint density at radius 2 is 2.33 bits per heavy atom. The fraction of sp³-hybridized carbons (Fsp3) is 0.778. The summed E-state index contributed by atoms with van der Waals surface area (Å²) < 4.78 is 0. The molecule has 2 unspecified atom stereocenters. The van der Waals surface area contributed by atoms with Crippen molar-refractivity contribution in [2.45, 2.75) is 12.5 Å².